The van der Waals surface area contributed by atoms with E-state index < -0.39 is 16.7 Å². The first kappa shape index (κ1) is 13.3. The summed E-state index contributed by atoms with van der Waals surface area (Å²) >= 11 is 0. The van der Waals surface area contributed by atoms with Gasteiger partial charge in [-0.2, -0.15) is 0 Å². The Hall–Kier alpha value is -3.10. The van der Waals surface area contributed by atoms with Gasteiger partial charge in [0.05, 0.1) is 0 Å². The number of nitro groups is 1. The topological polar surface area (TPSA) is 134 Å². The van der Waals surface area contributed by atoms with Crippen LogP contribution in [0.15, 0.2) is 24.5 Å². The van der Waals surface area contributed by atoms with Gasteiger partial charge in [0.15, 0.2) is 0 Å². The molecule has 0 unspecified atom stereocenters. The molecule has 0 bridgehead atoms. The molecule has 0 saturated heterocycles. The summed E-state index contributed by atoms with van der Waals surface area (Å²) in [5.41, 5.74) is 5.31. The van der Waals surface area contributed by atoms with Crippen LogP contribution in [0.25, 0.3) is 0 Å². The molecule has 20 heavy (non-hydrogen) atoms. The lowest BCUT2D eigenvalue weighted by Crippen LogP contribution is -2.06. The second-order valence-corrected chi connectivity index (χ2v) is 3.87. The van der Waals surface area contributed by atoms with Crippen molar-refractivity contribution in [3.63, 3.8) is 0 Å². The first-order valence-electron chi connectivity index (χ1n) is 5.37. The van der Waals surface area contributed by atoms with Gasteiger partial charge in [0, 0.05) is 12.7 Å². The highest BCUT2D eigenvalue weighted by Gasteiger charge is 2.25. The summed E-state index contributed by atoms with van der Waals surface area (Å²) in [6.07, 6.45) is 1.19. The molecular formula is C11H10N4O5. The van der Waals surface area contributed by atoms with Crippen LogP contribution in [-0.4, -0.2) is 25.6 Å². The molecule has 0 amide bonds. The van der Waals surface area contributed by atoms with Gasteiger partial charge in [-0.1, -0.05) is 6.07 Å². The van der Waals surface area contributed by atoms with Crippen LogP contribution >= 0.6 is 0 Å². The minimum Gasteiger partial charge on any atom is -0.477 e. The molecule has 1 heterocycles. The molecule has 0 aliphatic heterocycles. The van der Waals surface area contributed by atoms with Crippen molar-refractivity contribution in [2.75, 3.05) is 5.73 Å². The number of aryl methyl sites for hydroxylation is 1. The van der Waals surface area contributed by atoms with Gasteiger partial charge in [0.25, 0.3) is 0 Å². The number of carboxylic acids is 1. The SMILES string of the molecule is Cn1cnc([N+](=O)[O-])c1Oc1cccc(N)c1C(=O)O. The smallest absolute Gasteiger partial charge is 0.427 e. The van der Waals surface area contributed by atoms with Crippen molar-refractivity contribution >= 4 is 17.5 Å². The fourth-order valence-corrected chi connectivity index (χ4v) is 1.62. The molecule has 9 nitrogen and oxygen atoms in total. The number of imidazole rings is 1. The number of hydrogen-bond acceptors (Lipinski definition) is 6. The number of ether oxygens (including phenoxy) is 1. The Labute approximate surface area is 112 Å². The average molecular weight is 278 g/mol. The van der Waals surface area contributed by atoms with Crippen LogP contribution in [0.2, 0.25) is 0 Å². The fourth-order valence-electron chi connectivity index (χ4n) is 1.62. The normalized spacial score (nSPS) is 10.2. The molecule has 0 radical (unpaired) electrons. The quantitative estimate of drug-likeness (QED) is 0.490. The van der Waals surface area contributed by atoms with Crippen LogP contribution in [0.5, 0.6) is 11.6 Å². The highest BCUT2D eigenvalue weighted by atomic mass is 16.6. The summed E-state index contributed by atoms with van der Waals surface area (Å²) in [6, 6.07) is 4.24. The van der Waals surface area contributed by atoms with Crippen LogP contribution in [0, 0.1) is 10.1 Å². The number of anilines is 1. The van der Waals surface area contributed by atoms with E-state index in [2.05, 4.69) is 4.98 Å². The third-order valence-electron chi connectivity index (χ3n) is 2.52. The Morgan fingerprint density at radius 2 is 2.25 bits per heavy atom. The zero-order valence-corrected chi connectivity index (χ0v) is 10.3. The van der Waals surface area contributed by atoms with Gasteiger partial charge in [-0.25, -0.2) is 4.79 Å². The Bertz CT molecular complexity index is 694. The minimum absolute atomic E-state index is 0.000165. The molecule has 0 saturated carbocycles. The number of rotatable bonds is 4. The summed E-state index contributed by atoms with van der Waals surface area (Å²) in [5, 5.41) is 19.9. The van der Waals surface area contributed by atoms with E-state index >= 15 is 0 Å². The molecule has 2 aromatic rings. The second kappa shape index (κ2) is 4.88. The van der Waals surface area contributed by atoms with E-state index in [-0.39, 0.29) is 22.9 Å². The first-order valence-corrected chi connectivity index (χ1v) is 5.37. The fraction of sp³-hybridized carbons (Fsp3) is 0.0909. The second-order valence-electron chi connectivity index (χ2n) is 3.87. The number of nitrogens with zero attached hydrogens (tertiary/aromatic N) is 3. The van der Waals surface area contributed by atoms with Crippen molar-refractivity contribution < 1.29 is 19.6 Å². The molecule has 3 N–H and O–H groups in total. The predicted molar refractivity (Wildman–Crippen MR) is 67.8 cm³/mol. The number of nitrogens with two attached hydrogens (primary N) is 1. The molecule has 2 rings (SSSR count). The molecule has 0 aliphatic rings. The first-order chi connectivity index (χ1) is 9.41. The molecule has 9 heteroatoms. The van der Waals surface area contributed by atoms with E-state index in [9.17, 15) is 14.9 Å². The third kappa shape index (κ3) is 2.23. The molecule has 0 fully saturated rings. The highest BCUT2D eigenvalue weighted by Crippen LogP contribution is 2.33. The van der Waals surface area contributed by atoms with Crippen molar-refractivity contribution in [2.45, 2.75) is 0 Å². The molecule has 104 valence electrons. The summed E-state index contributed by atoms with van der Waals surface area (Å²) in [7, 11) is 1.49. The Morgan fingerprint density at radius 3 is 2.85 bits per heavy atom. The lowest BCUT2D eigenvalue weighted by atomic mass is 10.1. The molecular weight excluding hydrogens is 268 g/mol. The number of hydrogen-bond donors (Lipinski definition) is 2. The standard InChI is InChI=1S/C11H10N4O5/c1-14-5-13-9(15(18)19)10(14)20-7-4-2-3-6(12)8(7)11(16)17/h2-5H,12H2,1H3,(H,16,17). The summed E-state index contributed by atoms with van der Waals surface area (Å²) in [5.74, 6) is -2.07. The van der Waals surface area contributed by atoms with Gasteiger partial charge in [-0.15, -0.1) is 0 Å². The van der Waals surface area contributed by atoms with Crippen molar-refractivity contribution in [3.8, 4) is 11.6 Å². The number of aromatic nitrogens is 2. The van der Waals surface area contributed by atoms with Gasteiger partial charge in [-0.05, 0) is 22.0 Å². The Balaban J connectivity index is 2.51. The van der Waals surface area contributed by atoms with Crippen molar-refractivity contribution in [3.05, 3.63) is 40.2 Å². The Morgan fingerprint density at radius 1 is 1.55 bits per heavy atom. The number of nitrogen functional groups attached to an aromatic ring is 1. The van der Waals surface area contributed by atoms with E-state index in [0.717, 1.165) is 0 Å². The molecule has 0 atom stereocenters. The van der Waals surface area contributed by atoms with E-state index in [1.54, 1.807) is 0 Å². The summed E-state index contributed by atoms with van der Waals surface area (Å²) in [4.78, 5) is 24.8. The predicted octanol–water partition coefficient (Wildman–Crippen LogP) is 1.40. The van der Waals surface area contributed by atoms with Crippen LogP contribution < -0.4 is 10.5 Å². The number of carboxylic acid groups (broad SMARTS) is 1. The number of aromatic carboxylic acids is 1. The van der Waals surface area contributed by atoms with Crippen molar-refractivity contribution in [1.29, 1.82) is 0 Å². The van der Waals surface area contributed by atoms with Gasteiger partial charge in [0.2, 0.25) is 6.33 Å². The maximum Gasteiger partial charge on any atom is 0.427 e. The third-order valence-corrected chi connectivity index (χ3v) is 2.52. The maximum absolute atomic E-state index is 11.2. The monoisotopic (exact) mass is 278 g/mol. The number of benzene rings is 1. The van der Waals surface area contributed by atoms with Crippen molar-refractivity contribution in [2.24, 2.45) is 7.05 Å². The largest absolute Gasteiger partial charge is 0.477 e. The minimum atomic E-state index is -1.29. The van der Waals surface area contributed by atoms with Gasteiger partial charge < -0.3 is 25.7 Å². The molecule has 1 aromatic heterocycles. The Kier molecular flexibility index (Phi) is 3.25. The van der Waals surface area contributed by atoms with Gasteiger partial charge >= 0.3 is 17.7 Å². The average Bonchev–Trinajstić information content (AvgIpc) is 2.71. The molecule has 0 aliphatic carbocycles. The van der Waals surface area contributed by atoms with Crippen LogP contribution in [0.4, 0.5) is 11.5 Å². The van der Waals surface area contributed by atoms with Crippen LogP contribution in [0.3, 0.4) is 0 Å². The number of carbonyl (C=O) groups is 1. The van der Waals surface area contributed by atoms with E-state index in [0.29, 0.717) is 0 Å². The summed E-state index contributed by atoms with van der Waals surface area (Å²) < 4.78 is 6.58. The van der Waals surface area contributed by atoms with Crippen LogP contribution in [-0.2, 0) is 7.05 Å². The lowest BCUT2D eigenvalue weighted by molar-refractivity contribution is -0.390. The summed E-state index contributed by atoms with van der Waals surface area (Å²) in [6.45, 7) is 0. The van der Waals surface area contributed by atoms with E-state index in [1.807, 2.05) is 0 Å². The zero-order chi connectivity index (χ0) is 14.9. The van der Waals surface area contributed by atoms with E-state index in [4.69, 9.17) is 15.6 Å². The highest BCUT2D eigenvalue weighted by molar-refractivity contribution is 5.96. The van der Waals surface area contributed by atoms with Gasteiger partial charge in [-0.3, -0.25) is 4.57 Å². The lowest BCUT2D eigenvalue weighted by Gasteiger charge is -2.09. The van der Waals surface area contributed by atoms with Crippen LogP contribution in [0.1, 0.15) is 10.4 Å². The van der Waals surface area contributed by atoms with E-state index in [1.165, 1.54) is 36.1 Å². The molecule has 0 spiro atoms. The molecule has 1 aromatic carbocycles. The van der Waals surface area contributed by atoms with Gasteiger partial charge in [0.1, 0.15) is 11.3 Å². The van der Waals surface area contributed by atoms with Crippen molar-refractivity contribution in [1.82, 2.24) is 9.55 Å². The maximum atomic E-state index is 11.2. The zero-order valence-electron chi connectivity index (χ0n) is 10.3.